The molecule has 1 fully saturated rings. The molecule has 26 heavy (non-hydrogen) atoms. The van der Waals surface area contributed by atoms with E-state index >= 15 is 0 Å². The van der Waals surface area contributed by atoms with Gasteiger partial charge in [-0.25, -0.2) is 8.78 Å². The van der Waals surface area contributed by atoms with Gasteiger partial charge in [-0.05, 0) is 43.7 Å². The third kappa shape index (κ3) is 3.24. The second kappa shape index (κ2) is 7.11. The molecule has 1 saturated heterocycles. The van der Waals surface area contributed by atoms with Gasteiger partial charge in [0.05, 0.1) is 7.11 Å². The zero-order valence-electron chi connectivity index (χ0n) is 14.4. The summed E-state index contributed by atoms with van der Waals surface area (Å²) in [5.41, 5.74) is 0.498. The normalized spacial score (nSPS) is 16.7. The number of hydrogen-bond donors (Lipinski definition) is 1. The highest BCUT2D eigenvalue weighted by molar-refractivity contribution is 6.07. The summed E-state index contributed by atoms with van der Waals surface area (Å²) in [4.78, 5) is 26.2. The fraction of sp³-hybridized carbons (Fsp3) is 0.263. The van der Waals surface area contributed by atoms with Crippen molar-refractivity contribution in [3.05, 3.63) is 53.6 Å². The highest BCUT2D eigenvalue weighted by Gasteiger charge is 2.29. The molecular weight excluding hydrogens is 342 g/mol. The van der Waals surface area contributed by atoms with Crippen molar-refractivity contribution in [2.45, 2.75) is 25.8 Å². The van der Waals surface area contributed by atoms with Crippen LogP contribution >= 0.6 is 0 Å². The minimum atomic E-state index is -1.28. The lowest BCUT2D eigenvalue weighted by Gasteiger charge is -2.22. The van der Waals surface area contributed by atoms with Gasteiger partial charge in [0.2, 0.25) is 5.91 Å². The van der Waals surface area contributed by atoms with Crippen LogP contribution in [0.5, 0.6) is 5.75 Å². The van der Waals surface area contributed by atoms with Gasteiger partial charge in [0.25, 0.3) is 5.91 Å². The van der Waals surface area contributed by atoms with Crippen LogP contribution in [-0.2, 0) is 4.79 Å². The van der Waals surface area contributed by atoms with Gasteiger partial charge in [0, 0.05) is 23.8 Å². The first kappa shape index (κ1) is 17.8. The monoisotopic (exact) mass is 360 g/mol. The zero-order valence-corrected chi connectivity index (χ0v) is 14.4. The summed E-state index contributed by atoms with van der Waals surface area (Å²) in [6.07, 6.45) is 1.24. The third-order valence-corrected chi connectivity index (χ3v) is 4.37. The Kier molecular flexibility index (Phi) is 4.88. The molecule has 1 aliphatic rings. The van der Waals surface area contributed by atoms with Gasteiger partial charge >= 0.3 is 0 Å². The molecule has 1 aliphatic heterocycles. The molecule has 0 radical (unpaired) electrons. The average Bonchev–Trinajstić information content (AvgIpc) is 2.95. The fourth-order valence-electron chi connectivity index (χ4n) is 3.07. The highest BCUT2D eigenvalue weighted by atomic mass is 19.2. The Morgan fingerprint density at radius 2 is 2.04 bits per heavy atom. The van der Waals surface area contributed by atoms with E-state index in [4.69, 9.17) is 4.74 Å². The lowest BCUT2D eigenvalue weighted by atomic mass is 10.1. The molecule has 1 N–H and O–H groups in total. The number of ether oxygens (including phenoxy) is 1. The fourth-order valence-corrected chi connectivity index (χ4v) is 3.07. The summed E-state index contributed by atoms with van der Waals surface area (Å²) in [6.45, 7) is 1.95. The summed E-state index contributed by atoms with van der Waals surface area (Å²) in [7, 11) is 1.27. The number of benzene rings is 2. The first-order valence-corrected chi connectivity index (χ1v) is 8.18. The molecule has 0 bridgehead atoms. The van der Waals surface area contributed by atoms with Crippen LogP contribution in [0.1, 0.15) is 30.1 Å². The van der Waals surface area contributed by atoms with E-state index in [1.807, 2.05) is 6.92 Å². The molecule has 0 aromatic heterocycles. The van der Waals surface area contributed by atoms with Gasteiger partial charge in [-0.3, -0.25) is 9.59 Å². The number of nitrogens with one attached hydrogen (secondary N) is 1. The topological polar surface area (TPSA) is 58.6 Å². The molecule has 2 aromatic carbocycles. The van der Waals surface area contributed by atoms with Crippen molar-refractivity contribution in [3.63, 3.8) is 0 Å². The number of carbonyl (C=O) groups excluding carboxylic acids is 2. The molecule has 3 rings (SSSR count). The quantitative estimate of drug-likeness (QED) is 0.904. The van der Waals surface area contributed by atoms with Crippen LogP contribution in [0.3, 0.4) is 0 Å². The van der Waals surface area contributed by atoms with Crippen LogP contribution in [0.25, 0.3) is 0 Å². The van der Waals surface area contributed by atoms with Crippen molar-refractivity contribution in [1.29, 1.82) is 0 Å². The van der Waals surface area contributed by atoms with E-state index in [1.54, 1.807) is 29.2 Å². The lowest BCUT2D eigenvalue weighted by molar-refractivity contribution is -0.117. The van der Waals surface area contributed by atoms with Crippen molar-refractivity contribution in [2.24, 2.45) is 0 Å². The largest absolute Gasteiger partial charge is 0.496 e. The van der Waals surface area contributed by atoms with E-state index < -0.39 is 23.1 Å². The molecule has 136 valence electrons. The number of nitrogens with zero attached hydrogens (tertiary/aromatic N) is 1. The first-order valence-electron chi connectivity index (χ1n) is 8.18. The molecule has 2 aromatic rings. The van der Waals surface area contributed by atoms with E-state index in [-0.39, 0.29) is 17.7 Å². The summed E-state index contributed by atoms with van der Waals surface area (Å²) >= 11 is 0. The molecule has 7 heteroatoms. The molecule has 1 heterocycles. The number of methoxy groups -OCH3 is 1. The van der Waals surface area contributed by atoms with Crippen molar-refractivity contribution < 1.29 is 23.1 Å². The van der Waals surface area contributed by atoms with Crippen LogP contribution in [0, 0.1) is 11.6 Å². The number of rotatable bonds is 4. The summed E-state index contributed by atoms with van der Waals surface area (Å²) in [5, 5.41) is 2.53. The first-order chi connectivity index (χ1) is 12.4. The molecule has 1 atom stereocenters. The Hall–Kier alpha value is -2.96. The maximum absolute atomic E-state index is 14.1. The Morgan fingerprint density at radius 3 is 2.69 bits per heavy atom. The summed E-state index contributed by atoms with van der Waals surface area (Å²) in [5.74, 6) is -3.31. The van der Waals surface area contributed by atoms with Gasteiger partial charge in [-0.15, -0.1) is 0 Å². The Morgan fingerprint density at radius 1 is 1.27 bits per heavy atom. The molecule has 0 aliphatic carbocycles. The van der Waals surface area contributed by atoms with Crippen LogP contribution in [0.4, 0.5) is 20.2 Å². The predicted molar refractivity (Wildman–Crippen MR) is 93.5 cm³/mol. The predicted octanol–water partition coefficient (Wildman–Crippen LogP) is 3.74. The zero-order chi connectivity index (χ0) is 18.8. The van der Waals surface area contributed by atoms with Gasteiger partial charge in [-0.2, -0.15) is 0 Å². The minimum absolute atomic E-state index is 0.0128. The van der Waals surface area contributed by atoms with E-state index in [9.17, 15) is 18.4 Å². The number of amides is 2. The standard InChI is InChI=1S/C19H18F2N2O3/c1-11-6-9-16(24)23(11)13-5-3-4-12(10-13)22-19(25)17-15(26-2)8-7-14(20)18(17)21/h3-5,7-8,10-11H,6,9H2,1-2H3,(H,22,25). The van der Waals surface area contributed by atoms with Crippen LogP contribution in [0.2, 0.25) is 0 Å². The van der Waals surface area contributed by atoms with Crippen molar-refractivity contribution in [3.8, 4) is 5.75 Å². The maximum Gasteiger partial charge on any atom is 0.262 e. The van der Waals surface area contributed by atoms with E-state index in [0.717, 1.165) is 12.5 Å². The van der Waals surface area contributed by atoms with Crippen molar-refractivity contribution in [2.75, 3.05) is 17.3 Å². The second-order valence-electron chi connectivity index (χ2n) is 6.09. The summed E-state index contributed by atoms with van der Waals surface area (Å²) < 4.78 is 32.5. The molecule has 1 unspecified atom stereocenters. The molecular formula is C19H18F2N2O3. The van der Waals surface area contributed by atoms with Crippen molar-refractivity contribution >= 4 is 23.2 Å². The third-order valence-electron chi connectivity index (χ3n) is 4.37. The van der Waals surface area contributed by atoms with Gasteiger partial charge in [0.1, 0.15) is 11.3 Å². The number of carbonyl (C=O) groups is 2. The van der Waals surface area contributed by atoms with E-state index in [0.29, 0.717) is 17.8 Å². The Balaban J connectivity index is 1.89. The van der Waals surface area contributed by atoms with Crippen LogP contribution in [0.15, 0.2) is 36.4 Å². The van der Waals surface area contributed by atoms with Crippen LogP contribution < -0.4 is 15.0 Å². The minimum Gasteiger partial charge on any atom is -0.496 e. The number of hydrogen-bond acceptors (Lipinski definition) is 3. The lowest BCUT2D eigenvalue weighted by Crippen LogP contribution is -2.30. The molecule has 2 amide bonds. The van der Waals surface area contributed by atoms with Gasteiger partial charge in [0.15, 0.2) is 11.6 Å². The van der Waals surface area contributed by atoms with E-state index in [1.165, 1.54) is 13.2 Å². The summed E-state index contributed by atoms with van der Waals surface area (Å²) in [6, 6.07) is 8.83. The second-order valence-corrected chi connectivity index (χ2v) is 6.09. The van der Waals surface area contributed by atoms with E-state index in [2.05, 4.69) is 5.32 Å². The highest BCUT2D eigenvalue weighted by Crippen LogP contribution is 2.29. The van der Waals surface area contributed by atoms with Crippen molar-refractivity contribution in [1.82, 2.24) is 0 Å². The Bertz CT molecular complexity index is 870. The van der Waals surface area contributed by atoms with Crippen LogP contribution in [-0.4, -0.2) is 25.0 Å². The maximum atomic E-state index is 14.1. The molecule has 0 spiro atoms. The average molecular weight is 360 g/mol. The Labute approximate surface area is 149 Å². The number of halogens is 2. The van der Waals surface area contributed by atoms with Gasteiger partial charge < -0.3 is 15.0 Å². The molecule has 5 nitrogen and oxygen atoms in total. The SMILES string of the molecule is COc1ccc(F)c(F)c1C(=O)Nc1cccc(N2C(=O)CCC2C)c1. The smallest absolute Gasteiger partial charge is 0.262 e. The molecule has 0 saturated carbocycles. The van der Waals surface area contributed by atoms with Gasteiger partial charge in [-0.1, -0.05) is 6.07 Å². The number of anilines is 2.